The molecule has 0 aromatic heterocycles. The number of carboxylic acids is 2. The van der Waals surface area contributed by atoms with Gasteiger partial charge in [0.15, 0.2) is 0 Å². The van der Waals surface area contributed by atoms with E-state index in [2.05, 4.69) is 11.6 Å². The monoisotopic (exact) mass is 659 g/mol. The van der Waals surface area contributed by atoms with E-state index in [1.807, 2.05) is 0 Å². The maximum atomic E-state index is 10.1. The van der Waals surface area contributed by atoms with Gasteiger partial charge < -0.3 is 0 Å². The Hall–Kier alpha value is 1.17. The Labute approximate surface area is 154 Å². The van der Waals surface area contributed by atoms with Crippen LogP contribution < -0.4 is 11.5 Å². The average molecular weight is 658 g/mol. The predicted octanol–water partition coefficient (Wildman–Crippen LogP) is 1.29. The zero-order valence-electron chi connectivity index (χ0n) is 11.7. The second-order valence-corrected chi connectivity index (χ2v) is 10.9. The van der Waals surface area contributed by atoms with Gasteiger partial charge in [0.1, 0.15) is 0 Å². The maximum absolute atomic E-state index is 10.1. The van der Waals surface area contributed by atoms with Gasteiger partial charge in [-0.1, -0.05) is 0 Å². The van der Waals surface area contributed by atoms with Crippen molar-refractivity contribution in [3.63, 3.8) is 0 Å². The van der Waals surface area contributed by atoms with Crippen LogP contribution in [0.25, 0.3) is 0 Å². The molecule has 2 atom stereocenters. The number of carbonyl (C=O) groups is 2. The number of hydrogen-bond acceptors (Lipinski definition) is 4. The van der Waals surface area contributed by atoms with E-state index < -0.39 is 40.5 Å². The molecule has 0 saturated carbocycles. The Kier molecular flexibility index (Phi) is 27.3. The van der Waals surface area contributed by atoms with Crippen molar-refractivity contribution in [1.82, 2.24) is 0 Å². The van der Waals surface area contributed by atoms with E-state index >= 15 is 0 Å². The minimum absolute atomic E-state index is 0.472. The van der Waals surface area contributed by atoms with E-state index in [0.717, 1.165) is 10.6 Å². The van der Waals surface area contributed by atoms with Gasteiger partial charge >= 0.3 is 156 Å². The van der Waals surface area contributed by atoms with E-state index in [-0.39, 0.29) is 0 Å². The summed E-state index contributed by atoms with van der Waals surface area (Å²) in [5.74, 6) is 2.36. The molecule has 0 unspecified atom stereocenters. The van der Waals surface area contributed by atoms with Crippen LogP contribution in [0.1, 0.15) is 12.8 Å². The first kappa shape index (κ1) is 27.0. The molecule has 0 aliphatic carbocycles. The van der Waals surface area contributed by atoms with Crippen molar-refractivity contribution in [1.29, 1.82) is 0 Å². The van der Waals surface area contributed by atoms with Crippen molar-refractivity contribution in [3.8, 4) is 0 Å². The third-order valence-electron chi connectivity index (χ3n) is 1.90. The molecule has 0 fully saturated rings. The molecule has 6 nitrogen and oxygen atoms in total. The summed E-state index contributed by atoms with van der Waals surface area (Å²) in [6.07, 6.45) is 1.23. The second kappa shape index (κ2) is 21.2. The Morgan fingerprint density at radius 3 is 1.38 bits per heavy atom. The average Bonchev–Trinajstić information content (AvgIpc) is 2.43. The fourth-order valence-corrected chi connectivity index (χ4v) is 2.79. The third-order valence-corrected chi connectivity index (χ3v) is 4.60. The summed E-state index contributed by atoms with van der Waals surface area (Å²) in [5, 5.41) is 18.5. The summed E-state index contributed by atoms with van der Waals surface area (Å²) < 4.78 is 0. The number of nitrogens with two attached hydrogens (primary N) is 2. The van der Waals surface area contributed by atoms with Crippen LogP contribution in [0.2, 0.25) is 22.3 Å². The van der Waals surface area contributed by atoms with Crippen LogP contribution in [0.3, 0.4) is 0 Å². The second-order valence-electron chi connectivity index (χ2n) is 3.50. The van der Waals surface area contributed by atoms with E-state index in [9.17, 15) is 9.59 Å². The first-order chi connectivity index (χ1) is 9.78. The Morgan fingerprint density at radius 1 is 1.00 bits per heavy atom. The topological polar surface area (TPSA) is 127 Å². The fourth-order valence-electron chi connectivity index (χ4n) is 0.737. The van der Waals surface area contributed by atoms with Crippen LogP contribution in [-0.2, 0) is 26.1 Å². The number of aliphatic carboxylic acids is 2. The van der Waals surface area contributed by atoms with Crippen LogP contribution in [0.4, 0.5) is 0 Å². The molecule has 21 heavy (non-hydrogen) atoms. The predicted molar refractivity (Wildman–Crippen MR) is 85.0 cm³/mol. The van der Waals surface area contributed by atoms with Crippen molar-refractivity contribution < 1.29 is 36.3 Å². The van der Waals surface area contributed by atoms with Gasteiger partial charge in [-0.25, -0.2) is 0 Å². The van der Waals surface area contributed by atoms with Gasteiger partial charge in [-0.05, 0) is 0 Å². The normalized spacial score (nSPS) is 12.3. The Balaban J connectivity index is -0.000000260. The molecule has 0 spiro atoms. The summed E-state index contributed by atoms with van der Waals surface area (Å²) in [6.45, 7) is 0. The molecule has 0 aromatic rings. The molecule has 132 valence electrons. The molecule has 0 radical (unpaired) electrons. The summed E-state index contributed by atoms with van der Waals surface area (Å²) in [6, 6.07) is -1.29. The van der Waals surface area contributed by atoms with Crippen molar-refractivity contribution in [2.45, 2.75) is 47.2 Å². The van der Waals surface area contributed by atoms with Crippen molar-refractivity contribution >= 4 is 60.7 Å². The van der Waals surface area contributed by atoms with E-state index in [4.69, 9.17) is 40.5 Å². The standard InChI is InChI=1S/2C5H11NO2Se.2ClH.Pt/c2*1-9-3-2-4(6)5(7)8;;;/h2*4H,2-3,6H2,1H3,(H,7,8);2*1H;/q;;;;+2/p-2/t2*4-;;;/m00.../s1. The number of hydrogen-bond donors (Lipinski definition) is 4. The molecule has 0 aliphatic heterocycles. The summed E-state index contributed by atoms with van der Waals surface area (Å²) >= 11 is 0.625. The van der Waals surface area contributed by atoms with Gasteiger partial charge in [-0.3, -0.25) is 0 Å². The molecule has 0 heterocycles. The molecular formula is C10H22Cl2N2O4PtSe2. The van der Waals surface area contributed by atoms with E-state index in [1.165, 1.54) is 0 Å². The van der Waals surface area contributed by atoms with E-state index in [1.54, 1.807) is 0 Å². The molecule has 6 N–H and O–H groups in total. The van der Waals surface area contributed by atoms with Crippen molar-refractivity contribution in [2.24, 2.45) is 11.5 Å². The molecular weight excluding hydrogens is 636 g/mol. The van der Waals surface area contributed by atoms with Gasteiger partial charge in [0.05, 0.1) is 0 Å². The van der Waals surface area contributed by atoms with Gasteiger partial charge in [-0.2, -0.15) is 0 Å². The zero-order chi connectivity index (χ0) is 17.3. The molecule has 11 heteroatoms. The SMILES string of the molecule is C[Se]CC[C@H](N)C(=O)O.C[Se]CC[C@H](N)C(=O)O.[Cl][Pt][Cl]. The first-order valence-electron chi connectivity index (χ1n) is 5.55. The quantitative estimate of drug-likeness (QED) is 0.292. The molecule has 0 saturated heterocycles. The summed E-state index contributed by atoms with van der Waals surface area (Å²) in [7, 11) is 9.75. The Morgan fingerprint density at radius 2 is 1.24 bits per heavy atom. The van der Waals surface area contributed by atoms with Crippen LogP contribution in [0.15, 0.2) is 0 Å². The molecule has 0 aromatic carbocycles. The van der Waals surface area contributed by atoms with Crippen LogP contribution in [0, 0.1) is 0 Å². The van der Waals surface area contributed by atoms with Crippen molar-refractivity contribution in [2.75, 3.05) is 0 Å². The number of halogens is 2. The summed E-state index contributed by atoms with van der Waals surface area (Å²) in [5.41, 5.74) is 10.4. The first-order valence-corrected chi connectivity index (χ1v) is 17.0. The van der Waals surface area contributed by atoms with Gasteiger partial charge in [0, 0.05) is 0 Å². The van der Waals surface area contributed by atoms with Gasteiger partial charge in [0.2, 0.25) is 0 Å². The molecule has 0 amide bonds. The van der Waals surface area contributed by atoms with Crippen molar-refractivity contribution in [3.05, 3.63) is 0 Å². The van der Waals surface area contributed by atoms with E-state index in [0.29, 0.717) is 42.8 Å². The molecule has 0 rings (SSSR count). The van der Waals surface area contributed by atoms with Crippen LogP contribution in [0.5, 0.6) is 0 Å². The zero-order valence-corrected chi connectivity index (χ0v) is 18.9. The van der Waals surface area contributed by atoms with Gasteiger partial charge in [-0.15, -0.1) is 0 Å². The Bertz CT molecular complexity index is 245. The molecule has 0 bridgehead atoms. The van der Waals surface area contributed by atoms with Crippen LogP contribution in [-0.4, -0.2) is 64.1 Å². The fraction of sp³-hybridized carbons (Fsp3) is 0.800. The number of rotatable bonds is 8. The van der Waals surface area contributed by atoms with Gasteiger partial charge in [0.25, 0.3) is 0 Å². The van der Waals surface area contributed by atoms with Crippen LogP contribution >= 0.6 is 18.8 Å². The third kappa shape index (κ3) is 26.4. The molecule has 0 aliphatic rings. The minimum atomic E-state index is -0.890. The summed E-state index contributed by atoms with van der Waals surface area (Å²) in [4.78, 5) is 20.2. The number of carboxylic acid groups (broad SMARTS) is 2.